The monoisotopic (exact) mass is 468 g/mol. The number of ether oxygens (including phenoxy) is 2. The van der Waals surface area contributed by atoms with Crippen molar-refractivity contribution in [1.82, 2.24) is 0 Å². The van der Waals surface area contributed by atoms with Crippen molar-refractivity contribution < 1.29 is 39.2 Å². The van der Waals surface area contributed by atoms with E-state index < -0.39 is 48.2 Å². The van der Waals surface area contributed by atoms with E-state index in [1.54, 1.807) is 32.9 Å². The Morgan fingerprint density at radius 3 is 2.42 bits per heavy atom. The average Bonchev–Trinajstić information content (AvgIpc) is 2.76. The number of cyclic esters (lactones) is 1. The molecule has 3 N–H and O–H groups in total. The summed E-state index contributed by atoms with van der Waals surface area (Å²) in [6, 6.07) is 0. The molecule has 1 aliphatic heterocycles. The number of hydrogen-bond donors (Lipinski definition) is 3. The number of aliphatic hydroxyl groups is 2. The molecule has 0 aromatic rings. The number of Topliss-reactive ketones (excluding diaryl/α,β-unsaturated/α-hetero) is 1. The second-order valence-electron chi connectivity index (χ2n) is 9.33. The SMILES string of the molecule is COC(CC(=O)O)C(C)C(=O)C(C)C=C(C)C1OC(=O)C(O)C(O)C=CC(C)CCCC1C. The van der Waals surface area contributed by atoms with E-state index in [4.69, 9.17) is 14.6 Å². The summed E-state index contributed by atoms with van der Waals surface area (Å²) >= 11 is 0. The predicted molar refractivity (Wildman–Crippen MR) is 123 cm³/mol. The molecule has 0 aromatic heterocycles. The van der Waals surface area contributed by atoms with E-state index in [1.165, 1.54) is 13.2 Å². The van der Waals surface area contributed by atoms with Gasteiger partial charge < -0.3 is 24.8 Å². The van der Waals surface area contributed by atoms with Gasteiger partial charge in [-0.05, 0) is 37.2 Å². The van der Waals surface area contributed by atoms with Gasteiger partial charge in [0.25, 0.3) is 0 Å². The fourth-order valence-electron chi connectivity index (χ4n) is 4.22. The molecule has 8 nitrogen and oxygen atoms in total. The van der Waals surface area contributed by atoms with Gasteiger partial charge in [0, 0.05) is 18.9 Å². The first kappa shape index (κ1) is 29.0. The van der Waals surface area contributed by atoms with Crippen molar-refractivity contribution in [2.75, 3.05) is 7.11 Å². The molecule has 0 amide bonds. The zero-order valence-corrected chi connectivity index (χ0v) is 20.6. The summed E-state index contributed by atoms with van der Waals surface area (Å²) in [6.07, 6.45) is 2.76. The summed E-state index contributed by atoms with van der Waals surface area (Å²) in [5, 5.41) is 29.3. The van der Waals surface area contributed by atoms with Crippen molar-refractivity contribution in [3.8, 4) is 0 Å². The normalized spacial score (nSPS) is 30.4. The van der Waals surface area contributed by atoms with Crippen molar-refractivity contribution in [2.24, 2.45) is 23.7 Å². The molecule has 0 saturated heterocycles. The Morgan fingerprint density at radius 1 is 1.21 bits per heavy atom. The Bertz CT molecular complexity index is 728. The molecule has 8 unspecified atom stereocenters. The minimum Gasteiger partial charge on any atom is -0.481 e. The van der Waals surface area contributed by atoms with Crippen LogP contribution in [0.25, 0.3) is 0 Å². The summed E-state index contributed by atoms with van der Waals surface area (Å²) in [7, 11) is 1.38. The molecule has 0 bridgehead atoms. The van der Waals surface area contributed by atoms with E-state index in [2.05, 4.69) is 0 Å². The standard InChI is InChI=1S/C25H40O8/c1-14-8-7-9-15(2)24(33-25(31)23(30)19(26)11-10-14)17(4)12-16(3)22(29)18(5)20(32-6)13-21(27)28/h10-12,14-16,18-20,23-24,26,30H,7-9,13H2,1-6H3,(H,27,28). The summed E-state index contributed by atoms with van der Waals surface area (Å²) in [5.74, 6) is -3.20. The number of hydrogen-bond acceptors (Lipinski definition) is 7. The molecule has 0 aliphatic carbocycles. The van der Waals surface area contributed by atoms with Crippen molar-refractivity contribution >= 4 is 17.7 Å². The van der Waals surface area contributed by atoms with Gasteiger partial charge in [0.05, 0.1) is 12.5 Å². The van der Waals surface area contributed by atoms with Crippen molar-refractivity contribution in [1.29, 1.82) is 0 Å². The first-order chi connectivity index (χ1) is 15.4. The van der Waals surface area contributed by atoms with Crippen LogP contribution >= 0.6 is 0 Å². The van der Waals surface area contributed by atoms with Crippen LogP contribution in [0.2, 0.25) is 0 Å². The fourth-order valence-corrected chi connectivity index (χ4v) is 4.22. The number of ketones is 1. The lowest BCUT2D eigenvalue weighted by Gasteiger charge is -2.28. The maximum Gasteiger partial charge on any atom is 0.338 e. The molecular formula is C25H40O8. The largest absolute Gasteiger partial charge is 0.481 e. The Kier molecular flexibility index (Phi) is 12.0. The summed E-state index contributed by atoms with van der Waals surface area (Å²) in [5.41, 5.74) is 0.665. The molecule has 33 heavy (non-hydrogen) atoms. The number of carbonyl (C=O) groups is 3. The molecule has 188 valence electrons. The molecule has 0 aromatic carbocycles. The number of esters is 1. The van der Waals surface area contributed by atoms with Gasteiger partial charge in [0.1, 0.15) is 18.0 Å². The van der Waals surface area contributed by atoms with E-state index in [-0.39, 0.29) is 24.0 Å². The molecule has 0 saturated carbocycles. The number of rotatable bonds is 8. The van der Waals surface area contributed by atoms with Crippen LogP contribution in [0, 0.1) is 23.7 Å². The lowest BCUT2D eigenvalue weighted by molar-refractivity contribution is -0.164. The third kappa shape index (κ3) is 9.02. The van der Waals surface area contributed by atoms with Gasteiger partial charge >= 0.3 is 11.9 Å². The van der Waals surface area contributed by atoms with Gasteiger partial charge in [-0.2, -0.15) is 0 Å². The van der Waals surface area contributed by atoms with E-state index in [9.17, 15) is 24.6 Å². The molecule has 0 fully saturated rings. The van der Waals surface area contributed by atoms with Crippen LogP contribution in [0.3, 0.4) is 0 Å². The Labute approximate surface area is 196 Å². The number of carbonyl (C=O) groups excluding carboxylic acids is 2. The van der Waals surface area contributed by atoms with Crippen LogP contribution in [0.15, 0.2) is 23.8 Å². The topological polar surface area (TPSA) is 130 Å². The molecular weight excluding hydrogens is 428 g/mol. The van der Waals surface area contributed by atoms with Crippen LogP contribution in [0.5, 0.6) is 0 Å². The van der Waals surface area contributed by atoms with Crippen molar-refractivity contribution in [3.63, 3.8) is 0 Å². The van der Waals surface area contributed by atoms with Crippen LogP contribution < -0.4 is 0 Å². The number of carboxylic acids is 1. The van der Waals surface area contributed by atoms with Crippen LogP contribution in [-0.4, -0.2) is 64.6 Å². The zero-order chi connectivity index (χ0) is 25.3. The van der Waals surface area contributed by atoms with Gasteiger partial charge in [-0.15, -0.1) is 0 Å². The Balaban J connectivity index is 3.09. The van der Waals surface area contributed by atoms with E-state index >= 15 is 0 Å². The smallest absolute Gasteiger partial charge is 0.338 e. The first-order valence-electron chi connectivity index (χ1n) is 11.6. The van der Waals surface area contributed by atoms with E-state index in [0.29, 0.717) is 5.57 Å². The maximum atomic E-state index is 12.9. The zero-order valence-electron chi connectivity index (χ0n) is 20.6. The molecule has 8 heteroatoms. The molecule has 1 aliphatic rings. The second kappa shape index (κ2) is 13.6. The predicted octanol–water partition coefficient (Wildman–Crippen LogP) is 2.91. The first-order valence-corrected chi connectivity index (χ1v) is 11.6. The highest BCUT2D eigenvalue weighted by molar-refractivity contribution is 5.85. The minimum absolute atomic E-state index is 0.0661. The lowest BCUT2D eigenvalue weighted by atomic mass is 9.86. The molecule has 1 heterocycles. The quantitative estimate of drug-likeness (QED) is 0.366. The highest BCUT2D eigenvalue weighted by Crippen LogP contribution is 2.27. The number of carboxylic acid groups (broad SMARTS) is 1. The summed E-state index contributed by atoms with van der Waals surface area (Å²) in [4.78, 5) is 36.5. The third-order valence-corrected chi connectivity index (χ3v) is 6.38. The Hall–Kier alpha value is -2.03. The van der Waals surface area contributed by atoms with Crippen molar-refractivity contribution in [3.05, 3.63) is 23.8 Å². The average molecular weight is 469 g/mol. The van der Waals surface area contributed by atoms with E-state index in [0.717, 1.165) is 19.3 Å². The molecule has 1 rings (SSSR count). The highest BCUT2D eigenvalue weighted by atomic mass is 16.6. The van der Waals surface area contributed by atoms with Gasteiger partial charge in [0.15, 0.2) is 6.10 Å². The number of aliphatic hydroxyl groups excluding tert-OH is 2. The fraction of sp³-hybridized carbons (Fsp3) is 0.720. The van der Waals surface area contributed by atoms with Crippen LogP contribution in [-0.2, 0) is 23.9 Å². The van der Waals surface area contributed by atoms with Gasteiger partial charge in [-0.1, -0.05) is 52.3 Å². The van der Waals surface area contributed by atoms with Crippen molar-refractivity contribution in [2.45, 2.75) is 84.7 Å². The number of methoxy groups -OCH3 is 1. The van der Waals surface area contributed by atoms with Crippen LogP contribution in [0.4, 0.5) is 0 Å². The Morgan fingerprint density at radius 2 is 1.85 bits per heavy atom. The number of allylic oxidation sites excluding steroid dienone is 2. The third-order valence-electron chi connectivity index (χ3n) is 6.38. The van der Waals surface area contributed by atoms with Crippen LogP contribution in [0.1, 0.15) is 60.3 Å². The minimum atomic E-state index is -1.70. The second-order valence-corrected chi connectivity index (χ2v) is 9.33. The lowest BCUT2D eigenvalue weighted by Crippen LogP contribution is -2.39. The van der Waals surface area contributed by atoms with Gasteiger partial charge in [-0.3, -0.25) is 9.59 Å². The van der Waals surface area contributed by atoms with E-state index in [1.807, 2.05) is 13.8 Å². The highest BCUT2D eigenvalue weighted by Gasteiger charge is 2.32. The molecule has 8 atom stereocenters. The maximum absolute atomic E-state index is 12.9. The number of aliphatic carboxylic acids is 1. The molecule has 0 spiro atoms. The van der Waals surface area contributed by atoms with Gasteiger partial charge in [0.2, 0.25) is 0 Å². The molecule has 0 radical (unpaired) electrons. The van der Waals surface area contributed by atoms with Gasteiger partial charge in [-0.25, -0.2) is 4.79 Å². The summed E-state index contributed by atoms with van der Waals surface area (Å²) < 4.78 is 10.8. The summed E-state index contributed by atoms with van der Waals surface area (Å²) in [6.45, 7) is 9.09.